The van der Waals surface area contributed by atoms with Gasteiger partial charge in [0.25, 0.3) is 0 Å². The van der Waals surface area contributed by atoms with Crippen LogP contribution in [0.15, 0.2) is 0 Å². The van der Waals surface area contributed by atoms with Gasteiger partial charge < -0.3 is 30.4 Å². The first-order chi connectivity index (χ1) is 12.9. The fourth-order valence-electron chi connectivity index (χ4n) is 2.33. The normalized spacial score (nSPS) is 14.3. The van der Waals surface area contributed by atoms with Gasteiger partial charge in [0, 0.05) is 6.42 Å². The van der Waals surface area contributed by atoms with E-state index < -0.39 is 23.3 Å². The Kier molecular flexibility index (Phi) is 12.3. The molecule has 4 N–H and O–H groups in total. The Hall–Kier alpha value is -1.38. The summed E-state index contributed by atoms with van der Waals surface area (Å²) in [5, 5.41) is 0. The molecule has 0 aliphatic rings. The summed E-state index contributed by atoms with van der Waals surface area (Å²) in [5.74, 6) is -0.427. The summed E-state index contributed by atoms with van der Waals surface area (Å²) in [6.45, 7) is 11.8. The number of hydrogen-bond acceptors (Lipinski definition) is 8. The lowest BCUT2D eigenvalue weighted by Gasteiger charge is -2.29. The van der Waals surface area contributed by atoms with E-state index in [0.29, 0.717) is 32.4 Å². The van der Waals surface area contributed by atoms with Crippen molar-refractivity contribution in [3.8, 4) is 0 Å². The first-order valence-electron chi connectivity index (χ1n) is 10.1. The Morgan fingerprint density at radius 2 is 1.39 bits per heavy atom. The van der Waals surface area contributed by atoms with E-state index >= 15 is 0 Å². The third-order valence-electron chi connectivity index (χ3n) is 4.25. The maximum Gasteiger partial charge on any atom is 0.509 e. The van der Waals surface area contributed by atoms with E-state index in [-0.39, 0.29) is 18.8 Å². The van der Waals surface area contributed by atoms with Gasteiger partial charge in [0.1, 0.15) is 11.7 Å². The topological polar surface area (TPSA) is 123 Å². The van der Waals surface area contributed by atoms with Crippen molar-refractivity contribution >= 4 is 12.1 Å². The average Bonchev–Trinajstić information content (AvgIpc) is 2.56. The van der Waals surface area contributed by atoms with Gasteiger partial charge in [0.2, 0.25) is 0 Å². The number of hydrogen-bond donors (Lipinski definition) is 2. The van der Waals surface area contributed by atoms with Gasteiger partial charge in [-0.15, -0.1) is 0 Å². The maximum absolute atomic E-state index is 12.3. The Labute approximate surface area is 169 Å². The second kappa shape index (κ2) is 13.0. The van der Waals surface area contributed by atoms with Gasteiger partial charge in [-0.25, -0.2) is 9.59 Å². The highest BCUT2D eigenvalue weighted by Gasteiger charge is 2.33. The summed E-state index contributed by atoms with van der Waals surface area (Å²) in [7, 11) is 0. The lowest BCUT2D eigenvalue weighted by Crippen LogP contribution is -2.40. The molecule has 0 aliphatic heterocycles. The van der Waals surface area contributed by atoms with Crippen LogP contribution in [0.25, 0.3) is 0 Å². The molecule has 0 rings (SSSR count). The maximum atomic E-state index is 12.3. The van der Waals surface area contributed by atoms with Gasteiger partial charge in [0.15, 0.2) is 5.60 Å². The molecule has 0 saturated heterocycles. The number of carbonyl (C=O) groups is 2. The molecule has 2 unspecified atom stereocenters. The first-order valence-corrected chi connectivity index (χ1v) is 10.1. The molecule has 0 saturated carbocycles. The smallest absolute Gasteiger partial charge is 0.461 e. The van der Waals surface area contributed by atoms with Gasteiger partial charge in [-0.2, -0.15) is 0 Å². The number of ether oxygens (including phenoxy) is 4. The summed E-state index contributed by atoms with van der Waals surface area (Å²) in [6.07, 6.45) is 2.19. The first kappa shape index (κ1) is 26.6. The quantitative estimate of drug-likeness (QED) is 0.424. The number of rotatable bonds is 14. The molecule has 0 aromatic rings. The van der Waals surface area contributed by atoms with E-state index in [1.807, 2.05) is 6.92 Å². The third-order valence-corrected chi connectivity index (χ3v) is 4.25. The minimum absolute atomic E-state index is 0.213. The summed E-state index contributed by atoms with van der Waals surface area (Å²) in [4.78, 5) is 24.2. The zero-order chi connectivity index (χ0) is 21.8. The molecule has 28 heavy (non-hydrogen) atoms. The van der Waals surface area contributed by atoms with Crippen LogP contribution in [0.2, 0.25) is 0 Å². The van der Waals surface area contributed by atoms with Crippen LogP contribution in [0, 0.1) is 0 Å². The largest absolute Gasteiger partial charge is 0.509 e. The van der Waals surface area contributed by atoms with E-state index in [1.54, 1.807) is 34.6 Å². The molecule has 0 aromatic carbocycles. The SMILES string of the molecule is CC(CCCN)OC(=O)OC(C)(C)CCOC(C)(C)C(=O)OC(C)CCCN. The molecule has 0 heterocycles. The van der Waals surface area contributed by atoms with E-state index in [4.69, 9.17) is 30.4 Å². The van der Waals surface area contributed by atoms with E-state index in [1.165, 1.54) is 0 Å². The molecule has 0 fully saturated rings. The molecule has 0 bridgehead atoms. The van der Waals surface area contributed by atoms with E-state index in [2.05, 4.69) is 0 Å². The van der Waals surface area contributed by atoms with E-state index in [9.17, 15) is 9.59 Å². The van der Waals surface area contributed by atoms with Crippen LogP contribution in [0.5, 0.6) is 0 Å². The lowest BCUT2D eigenvalue weighted by molar-refractivity contribution is -0.174. The molecule has 0 aromatic heterocycles. The Morgan fingerprint density at radius 1 is 0.893 bits per heavy atom. The van der Waals surface area contributed by atoms with Crippen LogP contribution in [0.3, 0.4) is 0 Å². The molecule has 0 amide bonds. The molecule has 0 aliphatic carbocycles. The predicted octanol–water partition coefficient (Wildman–Crippen LogP) is 2.90. The highest BCUT2D eigenvalue weighted by atomic mass is 16.7. The zero-order valence-electron chi connectivity index (χ0n) is 18.4. The molecule has 0 radical (unpaired) electrons. The van der Waals surface area contributed by atoms with Crippen molar-refractivity contribution in [1.29, 1.82) is 0 Å². The fourth-order valence-corrected chi connectivity index (χ4v) is 2.33. The number of nitrogens with two attached hydrogens (primary N) is 2. The van der Waals surface area contributed by atoms with Crippen LogP contribution in [-0.2, 0) is 23.7 Å². The van der Waals surface area contributed by atoms with Gasteiger partial charge in [-0.05, 0) is 80.3 Å². The molecule has 8 heteroatoms. The second-order valence-electron chi connectivity index (χ2n) is 8.23. The summed E-state index contributed by atoms with van der Waals surface area (Å²) >= 11 is 0. The van der Waals surface area contributed by atoms with Crippen molar-refractivity contribution in [3.05, 3.63) is 0 Å². The lowest BCUT2D eigenvalue weighted by atomic mass is 10.1. The van der Waals surface area contributed by atoms with Crippen molar-refractivity contribution in [2.75, 3.05) is 19.7 Å². The summed E-state index contributed by atoms with van der Waals surface area (Å²) < 4.78 is 21.7. The Bertz CT molecular complexity index is 468. The van der Waals surface area contributed by atoms with Crippen LogP contribution < -0.4 is 11.5 Å². The van der Waals surface area contributed by atoms with Gasteiger partial charge in [0.05, 0.1) is 12.7 Å². The fraction of sp³-hybridized carbons (Fsp3) is 0.900. The average molecular weight is 405 g/mol. The Balaban J connectivity index is 4.34. The number of esters is 1. The molecule has 2 atom stereocenters. The van der Waals surface area contributed by atoms with Gasteiger partial charge in [-0.3, -0.25) is 0 Å². The van der Waals surface area contributed by atoms with Gasteiger partial charge in [-0.1, -0.05) is 0 Å². The molecule has 0 spiro atoms. The molecule has 166 valence electrons. The van der Waals surface area contributed by atoms with Gasteiger partial charge >= 0.3 is 12.1 Å². The minimum Gasteiger partial charge on any atom is -0.461 e. The van der Waals surface area contributed by atoms with Crippen LogP contribution in [0.1, 0.15) is 73.6 Å². The predicted molar refractivity (Wildman–Crippen MR) is 108 cm³/mol. The highest BCUT2D eigenvalue weighted by molar-refractivity contribution is 5.78. The van der Waals surface area contributed by atoms with Crippen molar-refractivity contribution in [2.24, 2.45) is 11.5 Å². The Morgan fingerprint density at radius 3 is 1.89 bits per heavy atom. The zero-order valence-corrected chi connectivity index (χ0v) is 18.4. The molecular formula is C20H40N2O6. The van der Waals surface area contributed by atoms with Crippen LogP contribution >= 0.6 is 0 Å². The highest BCUT2D eigenvalue weighted by Crippen LogP contribution is 2.20. The number of carbonyl (C=O) groups excluding carboxylic acids is 2. The molecular weight excluding hydrogens is 364 g/mol. The molecule has 8 nitrogen and oxygen atoms in total. The third kappa shape index (κ3) is 12.2. The van der Waals surface area contributed by atoms with E-state index in [0.717, 1.165) is 12.8 Å². The standard InChI is InChI=1S/C20H40N2O6/c1-15(9-7-12-21)26-17(23)20(5,6)25-14-11-19(3,4)28-18(24)27-16(2)10-8-13-22/h15-16H,7-14,21-22H2,1-6H3. The second-order valence-corrected chi connectivity index (χ2v) is 8.23. The van der Waals surface area contributed by atoms with Crippen LogP contribution in [-0.4, -0.2) is 55.2 Å². The minimum atomic E-state index is -1.09. The van der Waals surface area contributed by atoms with Crippen molar-refractivity contribution in [1.82, 2.24) is 0 Å². The monoisotopic (exact) mass is 404 g/mol. The summed E-state index contributed by atoms with van der Waals surface area (Å²) in [6, 6.07) is 0. The van der Waals surface area contributed by atoms with Crippen molar-refractivity contribution < 1.29 is 28.5 Å². The van der Waals surface area contributed by atoms with Crippen molar-refractivity contribution in [2.45, 2.75) is 97.1 Å². The van der Waals surface area contributed by atoms with Crippen LogP contribution in [0.4, 0.5) is 4.79 Å². The van der Waals surface area contributed by atoms with Crippen molar-refractivity contribution in [3.63, 3.8) is 0 Å². The summed E-state index contributed by atoms with van der Waals surface area (Å²) in [5.41, 5.74) is 9.03.